The van der Waals surface area contributed by atoms with Crippen molar-refractivity contribution in [2.45, 2.75) is 56.9 Å². The summed E-state index contributed by atoms with van der Waals surface area (Å²) in [5.41, 5.74) is 2.40. The molecule has 2 heterocycles. The van der Waals surface area contributed by atoms with Crippen molar-refractivity contribution in [3.8, 4) is 11.4 Å². The Morgan fingerprint density at radius 2 is 1.79 bits per heavy atom. The summed E-state index contributed by atoms with van der Waals surface area (Å²) in [4.78, 5) is 0.257. The zero-order chi connectivity index (χ0) is 20.3. The lowest BCUT2D eigenvalue weighted by molar-refractivity contribution is 0.601. The number of fused-ring (bicyclic) bond motifs is 1. The maximum Gasteiger partial charge on any atom is 0.261 e. The Morgan fingerprint density at radius 3 is 2.59 bits per heavy atom. The van der Waals surface area contributed by atoms with Crippen LogP contribution in [0.15, 0.2) is 53.4 Å². The van der Waals surface area contributed by atoms with Gasteiger partial charge in [0.2, 0.25) is 0 Å². The number of nitrogens with zero attached hydrogens (tertiary/aromatic N) is 3. The van der Waals surface area contributed by atoms with Crippen LogP contribution in [0.4, 0.5) is 5.69 Å². The molecule has 0 saturated heterocycles. The molecule has 152 valence electrons. The van der Waals surface area contributed by atoms with Crippen molar-refractivity contribution >= 4 is 15.7 Å². The maximum absolute atomic E-state index is 13.0. The average Bonchev–Trinajstić information content (AvgIpc) is 2.96. The van der Waals surface area contributed by atoms with Crippen molar-refractivity contribution in [2.24, 2.45) is 0 Å². The summed E-state index contributed by atoms with van der Waals surface area (Å²) >= 11 is 0. The van der Waals surface area contributed by atoms with Crippen LogP contribution in [-0.4, -0.2) is 23.2 Å². The number of nitrogens with one attached hydrogen (secondary N) is 1. The molecule has 29 heavy (non-hydrogen) atoms. The molecule has 4 rings (SSSR count). The summed E-state index contributed by atoms with van der Waals surface area (Å²) in [7, 11) is -3.69. The summed E-state index contributed by atoms with van der Waals surface area (Å²) in [6.07, 6.45) is 6.24. The molecule has 0 saturated carbocycles. The molecule has 0 aliphatic carbocycles. The number of benzene rings is 2. The molecule has 2 aromatic carbocycles. The van der Waals surface area contributed by atoms with Crippen LogP contribution in [0.2, 0.25) is 0 Å². The molecule has 3 aromatic rings. The molecule has 0 bridgehead atoms. The molecule has 1 N–H and O–H groups in total. The number of hydrogen-bond donors (Lipinski definition) is 1. The summed E-state index contributed by atoms with van der Waals surface area (Å²) in [6, 6.07) is 14.5. The van der Waals surface area contributed by atoms with E-state index in [0.29, 0.717) is 5.69 Å². The van der Waals surface area contributed by atoms with Gasteiger partial charge in [-0.1, -0.05) is 44.0 Å². The van der Waals surface area contributed by atoms with Crippen molar-refractivity contribution in [1.29, 1.82) is 0 Å². The van der Waals surface area contributed by atoms with Crippen LogP contribution in [0.5, 0.6) is 0 Å². The van der Waals surface area contributed by atoms with Crippen LogP contribution >= 0.6 is 0 Å². The molecule has 6 nitrogen and oxygen atoms in total. The third-order valence-electron chi connectivity index (χ3n) is 5.29. The molecule has 1 aliphatic rings. The van der Waals surface area contributed by atoms with E-state index < -0.39 is 10.0 Å². The van der Waals surface area contributed by atoms with Gasteiger partial charge in [0.25, 0.3) is 10.0 Å². The number of rotatable bonds is 6. The van der Waals surface area contributed by atoms with Crippen LogP contribution in [0.3, 0.4) is 0 Å². The average molecular weight is 411 g/mol. The zero-order valence-electron chi connectivity index (χ0n) is 16.6. The van der Waals surface area contributed by atoms with Crippen molar-refractivity contribution in [3.63, 3.8) is 0 Å². The maximum atomic E-state index is 13.0. The van der Waals surface area contributed by atoms with E-state index >= 15 is 0 Å². The number of sulfonamides is 1. The first-order valence-electron chi connectivity index (χ1n) is 10.2. The Bertz CT molecular complexity index is 1090. The highest BCUT2D eigenvalue weighted by Gasteiger charge is 2.21. The lowest BCUT2D eigenvalue weighted by Crippen LogP contribution is -2.14. The van der Waals surface area contributed by atoms with Crippen LogP contribution < -0.4 is 4.72 Å². The van der Waals surface area contributed by atoms with Gasteiger partial charge in [0.15, 0.2) is 5.82 Å². The monoisotopic (exact) mass is 410 g/mol. The van der Waals surface area contributed by atoms with E-state index in [1.807, 2.05) is 30.3 Å². The third-order valence-corrected chi connectivity index (χ3v) is 6.68. The Kier molecular flexibility index (Phi) is 5.67. The second-order valence-corrected chi connectivity index (χ2v) is 9.13. The fraction of sp³-hybridized carbons (Fsp3) is 0.364. The molecule has 0 unspecified atom stereocenters. The largest absolute Gasteiger partial charge is 0.311 e. The Morgan fingerprint density at radius 1 is 1.00 bits per heavy atom. The van der Waals surface area contributed by atoms with Gasteiger partial charge in [-0.2, -0.15) is 0 Å². The van der Waals surface area contributed by atoms with Crippen molar-refractivity contribution < 1.29 is 8.42 Å². The minimum Gasteiger partial charge on any atom is -0.311 e. The fourth-order valence-corrected chi connectivity index (χ4v) is 4.86. The summed E-state index contributed by atoms with van der Waals surface area (Å²) in [5, 5.41) is 8.74. The van der Waals surface area contributed by atoms with Gasteiger partial charge in [-0.3, -0.25) is 4.72 Å². The topological polar surface area (TPSA) is 76.9 Å². The van der Waals surface area contributed by atoms with E-state index in [2.05, 4.69) is 26.4 Å². The number of para-hydroxylation sites is 1. The lowest BCUT2D eigenvalue weighted by Gasteiger charge is -2.14. The van der Waals surface area contributed by atoms with Gasteiger partial charge in [0.05, 0.1) is 10.6 Å². The van der Waals surface area contributed by atoms with Gasteiger partial charge in [0, 0.05) is 18.5 Å². The summed E-state index contributed by atoms with van der Waals surface area (Å²) in [6.45, 7) is 2.96. The fourth-order valence-electron chi connectivity index (χ4n) is 3.78. The lowest BCUT2D eigenvalue weighted by atomic mass is 10.1. The number of hydrogen-bond acceptors (Lipinski definition) is 4. The smallest absolute Gasteiger partial charge is 0.261 e. The highest BCUT2D eigenvalue weighted by molar-refractivity contribution is 7.92. The Labute approximate surface area is 172 Å². The first-order valence-corrected chi connectivity index (χ1v) is 11.7. The SMILES string of the molecule is CCCc1ccc(S(=O)(=O)Nc2ccccc2-c2nnc3n2CCCCC3)cc1. The normalized spacial score (nSPS) is 14.2. The zero-order valence-corrected chi connectivity index (χ0v) is 17.5. The van der Waals surface area contributed by atoms with E-state index in [0.717, 1.165) is 61.4 Å². The molecule has 0 amide bonds. The quantitative estimate of drug-likeness (QED) is 0.652. The minimum absolute atomic E-state index is 0.257. The number of aromatic nitrogens is 3. The van der Waals surface area contributed by atoms with E-state index in [9.17, 15) is 8.42 Å². The van der Waals surface area contributed by atoms with Crippen molar-refractivity contribution in [3.05, 3.63) is 59.9 Å². The molecule has 7 heteroatoms. The van der Waals surface area contributed by atoms with Gasteiger partial charge >= 0.3 is 0 Å². The van der Waals surface area contributed by atoms with Crippen molar-refractivity contribution in [2.75, 3.05) is 4.72 Å². The Balaban J connectivity index is 1.66. The molecule has 0 radical (unpaired) electrons. The van der Waals surface area contributed by atoms with Crippen LogP contribution in [0, 0.1) is 0 Å². The predicted octanol–water partition coefficient (Wildman–Crippen LogP) is 4.42. The summed E-state index contributed by atoms with van der Waals surface area (Å²) in [5.74, 6) is 1.69. The molecule has 0 spiro atoms. The predicted molar refractivity (Wildman–Crippen MR) is 114 cm³/mol. The molecular weight excluding hydrogens is 384 g/mol. The molecule has 1 aliphatic heterocycles. The molecular formula is C22H26N4O2S. The van der Waals surface area contributed by atoms with Gasteiger partial charge in [-0.25, -0.2) is 8.42 Å². The standard InChI is InChI=1S/C22H26N4O2S/c1-2-8-17-12-14-18(15-13-17)29(27,28)25-20-10-6-5-9-19(20)22-24-23-21-11-4-3-7-16-26(21)22/h5-6,9-10,12-15,25H,2-4,7-8,11,16H2,1H3. The minimum atomic E-state index is -3.69. The Hall–Kier alpha value is -2.67. The van der Waals surface area contributed by atoms with Crippen LogP contribution in [-0.2, 0) is 29.4 Å². The van der Waals surface area contributed by atoms with Crippen LogP contribution in [0.25, 0.3) is 11.4 Å². The molecule has 0 atom stereocenters. The van der Waals surface area contributed by atoms with Gasteiger partial charge in [0.1, 0.15) is 5.82 Å². The van der Waals surface area contributed by atoms with Gasteiger partial charge in [-0.05, 0) is 49.1 Å². The van der Waals surface area contributed by atoms with E-state index in [1.165, 1.54) is 6.42 Å². The second kappa shape index (κ2) is 8.37. The molecule has 1 aromatic heterocycles. The van der Waals surface area contributed by atoms with Crippen LogP contribution in [0.1, 0.15) is 44.0 Å². The highest BCUT2D eigenvalue weighted by atomic mass is 32.2. The van der Waals surface area contributed by atoms with Gasteiger partial charge in [-0.15, -0.1) is 10.2 Å². The first kappa shape index (κ1) is 19.6. The summed E-state index contributed by atoms with van der Waals surface area (Å²) < 4.78 is 30.8. The molecule has 0 fully saturated rings. The van der Waals surface area contributed by atoms with E-state index in [1.54, 1.807) is 18.2 Å². The number of aryl methyl sites for hydroxylation is 2. The number of anilines is 1. The highest BCUT2D eigenvalue weighted by Crippen LogP contribution is 2.30. The van der Waals surface area contributed by atoms with Crippen molar-refractivity contribution in [1.82, 2.24) is 14.8 Å². The first-order chi connectivity index (χ1) is 14.1. The van der Waals surface area contributed by atoms with E-state index in [4.69, 9.17) is 0 Å². The van der Waals surface area contributed by atoms with E-state index in [-0.39, 0.29) is 4.90 Å². The second-order valence-electron chi connectivity index (χ2n) is 7.45. The third kappa shape index (κ3) is 4.19. The van der Waals surface area contributed by atoms with Gasteiger partial charge < -0.3 is 4.57 Å².